The van der Waals surface area contributed by atoms with Gasteiger partial charge in [-0.15, -0.1) is 10.2 Å². The summed E-state index contributed by atoms with van der Waals surface area (Å²) in [5, 5.41) is 35.5. The second-order valence-electron chi connectivity index (χ2n) is 8.45. The fourth-order valence-electron chi connectivity index (χ4n) is 4.71. The van der Waals surface area contributed by atoms with Crippen molar-refractivity contribution >= 4 is 5.82 Å². The van der Waals surface area contributed by atoms with Crippen LogP contribution in [-0.2, 0) is 0 Å². The van der Waals surface area contributed by atoms with E-state index in [-0.39, 0.29) is 17.3 Å². The summed E-state index contributed by atoms with van der Waals surface area (Å²) in [6, 6.07) is 7.89. The molecule has 2 N–H and O–H groups in total. The Bertz CT molecular complexity index is 1160. The van der Waals surface area contributed by atoms with E-state index in [0.29, 0.717) is 35.2 Å². The second kappa shape index (κ2) is 8.16. The molecule has 2 aliphatic rings. The van der Waals surface area contributed by atoms with Gasteiger partial charge in [-0.25, -0.2) is 14.1 Å². The van der Waals surface area contributed by atoms with Crippen molar-refractivity contribution in [1.82, 2.24) is 30.3 Å². The quantitative estimate of drug-likeness (QED) is 0.644. The van der Waals surface area contributed by atoms with Crippen molar-refractivity contribution in [3.63, 3.8) is 0 Å². The lowest BCUT2D eigenvalue weighted by atomic mass is 9.83. The molecule has 3 atom stereocenters. The van der Waals surface area contributed by atoms with E-state index < -0.39 is 5.82 Å². The summed E-state index contributed by atoms with van der Waals surface area (Å²) in [6.07, 6.45) is 8.68. The minimum atomic E-state index is -0.722. The van der Waals surface area contributed by atoms with Crippen LogP contribution in [0.1, 0.15) is 37.8 Å². The third kappa shape index (κ3) is 3.76. The number of nitrogens with zero attached hydrogens (tertiary/aromatic N) is 7. The van der Waals surface area contributed by atoms with E-state index in [0.717, 1.165) is 19.0 Å². The summed E-state index contributed by atoms with van der Waals surface area (Å²) in [6.45, 7) is 0. The van der Waals surface area contributed by atoms with Crippen molar-refractivity contribution in [2.45, 2.75) is 50.2 Å². The number of aromatic nitrogens is 5. The molecule has 10 heteroatoms. The highest BCUT2D eigenvalue weighted by atomic mass is 19.1. The van der Waals surface area contributed by atoms with Gasteiger partial charge in [0.05, 0.1) is 23.6 Å². The Morgan fingerprint density at radius 2 is 2.03 bits per heavy atom. The average Bonchev–Trinajstić information content (AvgIpc) is 3.19. The molecule has 1 aromatic carbocycles. The average molecular weight is 434 g/mol. The standard InChI is InChI=1S/C22H23FN8O/c1-30(16-7-13-3-2-4-14(8-16)26-13)21-11-25-22(28-27-21)17-6-5-15(9-20(17)32)31-12-18(23)19(10-24)29-31/h5-6,9,11-14,16,26,32H,2-4,7-8H2,1H3/t13-,14+,16-. The van der Waals surface area contributed by atoms with E-state index in [9.17, 15) is 9.50 Å². The van der Waals surface area contributed by atoms with Gasteiger partial charge in [0.15, 0.2) is 23.2 Å². The van der Waals surface area contributed by atoms with Crippen molar-refractivity contribution < 1.29 is 9.50 Å². The second-order valence-corrected chi connectivity index (χ2v) is 8.45. The summed E-state index contributed by atoms with van der Waals surface area (Å²) in [5.74, 6) is 0.176. The van der Waals surface area contributed by atoms with Crippen LogP contribution in [0.25, 0.3) is 17.1 Å². The maximum atomic E-state index is 13.6. The number of rotatable bonds is 4. The van der Waals surface area contributed by atoms with Crippen molar-refractivity contribution in [1.29, 1.82) is 5.26 Å². The first-order valence-corrected chi connectivity index (χ1v) is 10.7. The van der Waals surface area contributed by atoms with Crippen molar-refractivity contribution in [3.05, 3.63) is 42.1 Å². The van der Waals surface area contributed by atoms with E-state index >= 15 is 0 Å². The molecular formula is C22H23FN8O. The normalized spacial score (nSPS) is 22.3. The van der Waals surface area contributed by atoms with Gasteiger partial charge in [-0.2, -0.15) is 10.4 Å². The number of hydrogen-bond donors (Lipinski definition) is 2. The van der Waals surface area contributed by atoms with Crippen LogP contribution >= 0.6 is 0 Å². The number of nitrogens with one attached hydrogen (secondary N) is 1. The first-order valence-electron chi connectivity index (χ1n) is 10.7. The highest BCUT2D eigenvalue weighted by Crippen LogP contribution is 2.31. The van der Waals surface area contributed by atoms with Gasteiger partial charge < -0.3 is 15.3 Å². The number of phenols is 1. The number of piperidine rings is 2. The Hall–Kier alpha value is -3.58. The third-order valence-corrected chi connectivity index (χ3v) is 6.41. The predicted molar refractivity (Wildman–Crippen MR) is 115 cm³/mol. The smallest absolute Gasteiger partial charge is 0.198 e. The molecule has 32 heavy (non-hydrogen) atoms. The first-order chi connectivity index (χ1) is 15.5. The molecule has 2 bridgehead atoms. The molecule has 2 aromatic heterocycles. The molecule has 0 unspecified atom stereocenters. The number of benzene rings is 1. The van der Waals surface area contributed by atoms with Gasteiger partial charge in [0, 0.05) is 31.2 Å². The molecule has 0 aliphatic carbocycles. The molecule has 0 radical (unpaired) electrons. The molecule has 0 saturated carbocycles. The molecule has 2 fully saturated rings. The van der Waals surface area contributed by atoms with Crippen LogP contribution in [0.4, 0.5) is 10.2 Å². The Morgan fingerprint density at radius 3 is 2.66 bits per heavy atom. The van der Waals surface area contributed by atoms with E-state index in [2.05, 4.69) is 30.5 Å². The minimum Gasteiger partial charge on any atom is -0.507 e. The first kappa shape index (κ1) is 20.3. The summed E-state index contributed by atoms with van der Waals surface area (Å²) in [7, 11) is 2.03. The molecule has 9 nitrogen and oxygen atoms in total. The Kier molecular flexibility index (Phi) is 5.19. The SMILES string of the molecule is CN(c1cnc(-c2ccc(-n3cc(F)c(C#N)n3)cc2O)nn1)[C@@H]1C[C@H]2CCC[C@@H](C1)N2. The molecule has 0 spiro atoms. The highest BCUT2D eigenvalue weighted by molar-refractivity contribution is 5.66. The largest absolute Gasteiger partial charge is 0.507 e. The number of anilines is 1. The lowest BCUT2D eigenvalue weighted by molar-refractivity contribution is 0.219. The third-order valence-electron chi connectivity index (χ3n) is 6.41. The van der Waals surface area contributed by atoms with E-state index in [1.165, 1.54) is 30.0 Å². The molecule has 4 heterocycles. The van der Waals surface area contributed by atoms with Crippen LogP contribution in [-0.4, -0.2) is 55.2 Å². The fraction of sp³-hybridized carbons (Fsp3) is 0.409. The van der Waals surface area contributed by atoms with Crippen molar-refractivity contribution in [2.75, 3.05) is 11.9 Å². The zero-order valence-corrected chi connectivity index (χ0v) is 17.6. The van der Waals surface area contributed by atoms with Gasteiger partial charge in [-0.05, 0) is 37.8 Å². The molecule has 2 saturated heterocycles. The van der Waals surface area contributed by atoms with Gasteiger partial charge >= 0.3 is 0 Å². The molecule has 164 valence electrons. The van der Waals surface area contributed by atoms with Crippen LogP contribution in [0.3, 0.4) is 0 Å². The van der Waals surface area contributed by atoms with E-state index in [1.807, 2.05) is 7.05 Å². The topological polar surface area (TPSA) is 116 Å². The molecule has 0 amide bonds. The maximum Gasteiger partial charge on any atom is 0.198 e. The number of fused-ring (bicyclic) bond motifs is 2. The van der Waals surface area contributed by atoms with Crippen LogP contribution in [0.5, 0.6) is 5.75 Å². The zero-order valence-electron chi connectivity index (χ0n) is 17.6. The fourth-order valence-corrected chi connectivity index (χ4v) is 4.71. The highest BCUT2D eigenvalue weighted by Gasteiger charge is 2.33. The maximum absolute atomic E-state index is 13.6. The number of phenolic OH excluding ortho intramolecular Hbond substituents is 1. The molecular weight excluding hydrogens is 411 g/mol. The van der Waals surface area contributed by atoms with Gasteiger partial charge in [-0.1, -0.05) is 6.42 Å². The van der Waals surface area contributed by atoms with Crippen molar-refractivity contribution in [2.24, 2.45) is 0 Å². The summed E-state index contributed by atoms with van der Waals surface area (Å²) >= 11 is 0. The number of aromatic hydroxyl groups is 1. The Morgan fingerprint density at radius 1 is 1.25 bits per heavy atom. The predicted octanol–water partition coefficient (Wildman–Crippen LogP) is 2.55. The zero-order chi connectivity index (χ0) is 22.2. The van der Waals surface area contributed by atoms with Crippen LogP contribution in [0, 0.1) is 17.1 Å². The lowest BCUT2D eigenvalue weighted by Gasteiger charge is -2.43. The molecule has 5 rings (SSSR count). The number of nitriles is 1. The van der Waals surface area contributed by atoms with Gasteiger partial charge in [-0.3, -0.25) is 0 Å². The molecule has 2 aliphatic heterocycles. The van der Waals surface area contributed by atoms with Crippen LogP contribution in [0.2, 0.25) is 0 Å². The van der Waals surface area contributed by atoms with Gasteiger partial charge in [0.25, 0.3) is 0 Å². The molecule has 3 aromatic rings. The lowest BCUT2D eigenvalue weighted by Crippen LogP contribution is -2.54. The summed E-state index contributed by atoms with van der Waals surface area (Å²) in [4.78, 5) is 6.57. The van der Waals surface area contributed by atoms with Crippen LogP contribution < -0.4 is 10.2 Å². The van der Waals surface area contributed by atoms with Crippen molar-refractivity contribution in [3.8, 4) is 28.9 Å². The van der Waals surface area contributed by atoms with Gasteiger partial charge in [0.1, 0.15) is 11.8 Å². The number of halogens is 1. The van der Waals surface area contributed by atoms with E-state index in [1.54, 1.807) is 24.4 Å². The minimum absolute atomic E-state index is 0.0917. The van der Waals surface area contributed by atoms with E-state index in [4.69, 9.17) is 5.26 Å². The van der Waals surface area contributed by atoms with Crippen LogP contribution in [0.15, 0.2) is 30.6 Å². The van der Waals surface area contributed by atoms with Gasteiger partial charge in [0.2, 0.25) is 0 Å². The Balaban J connectivity index is 1.34. The number of hydrogen-bond acceptors (Lipinski definition) is 8. The monoisotopic (exact) mass is 434 g/mol. The Labute approximate surface area is 184 Å². The summed E-state index contributed by atoms with van der Waals surface area (Å²) < 4.78 is 14.8. The summed E-state index contributed by atoms with van der Waals surface area (Å²) in [5.41, 5.74) is 0.505.